The Labute approximate surface area is 441 Å². The highest BCUT2D eigenvalue weighted by atomic mass is 15.1. The van der Waals surface area contributed by atoms with Gasteiger partial charge < -0.3 is 10.6 Å². The Hall–Kier alpha value is -10.6. The predicted molar refractivity (Wildman–Crippen MR) is 312 cm³/mol. The number of nitrogens with one attached hydrogen (secondary N) is 2. The lowest BCUT2D eigenvalue weighted by atomic mass is 9.90. The Morgan fingerprint density at radius 3 is 1.12 bits per heavy atom. The third-order valence-electron chi connectivity index (χ3n) is 14.2. The van der Waals surface area contributed by atoms with Crippen LogP contribution in [0.3, 0.4) is 0 Å². The fourth-order valence-corrected chi connectivity index (χ4v) is 10.4. The smallest absolute Gasteiger partial charge is 0.102 e. The molecule has 0 atom stereocenters. The average Bonchev–Trinajstić information content (AvgIpc) is 4.17. The molecule has 0 amide bonds. The van der Waals surface area contributed by atoms with E-state index in [2.05, 4.69) is 226 Å². The summed E-state index contributed by atoms with van der Waals surface area (Å²) in [5.41, 5.74) is 21.2. The van der Waals surface area contributed by atoms with Crippen molar-refractivity contribution in [1.29, 1.82) is 5.26 Å². The van der Waals surface area contributed by atoms with Crippen LogP contribution in [0.25, 0.3) is 100 Å². The normalized spacial score (nSPS) is 11.1. The molecule has 0 saturated carbocycles. The summed E-state index contributed by atoms with van der Waals surface area (Å²) in [6.07, 6.45) is 3.80. The Morgan fingerprint density at radius 1 is 0.329 bits per heavy atom. The number of benzene rings is 11. The van der Waals surface area contributed by atoms with E-state index in [0.29, 0.717) is 11.3 Å². The van der Waals surface area contributed by atoms with Gasteiger partial charge in [0, 0.05) is 16.8 Å². The molecule has 13 aromatic rings. The molecule has 7 heteroatoms. The van der Waals surface area contributed by atoms with Crippen LogP contribution in [-0.2, 0) is 0 Å². The minimum absolute atomic E-state index is 0.484. The topological polar surface area (TPSA) is 83.5 Å². The van der Waals surface area contributed by atoms with Crippen molar-refractivity contribution in [2.24, 2.45) is 0 Å². The first-order valence-corrected chi connectivity index (χ1v) is 25.3. The molecule has 0 bridgehead atoms. The first-order chi connectivity index (χ1) is 37.6. The molecule has 0 aliphatic rings. The van der Waals surface area contributed by atoms with Crippen LogP contribution in [-0.4, -0.2) is 19.1 Å². The summed E-state index contributed by atoms with van der Waals surface area (Å²) in [6.45, 7) is 0. The maximum absolute atomic E-state index is 11.8. The monoisotopic (exact) mass is 973 g/mol. The van der Waals surface area contributed by atoms with Crippen molar-refractivity contribution in [3.63, 3.8) is 0 Å². The zero-order valence-electron chi connectivity index (χ0n) is 41.2. The number of rotatable bonds is 12. The lowest BCUT2D eigenvalue weighted by Gasteiger charge is -2.24. The second-order valence-corrected chi connectivity index (χ2v) is 18.8. The molecule has 0 aliphatic heterocycles. The first kappa shape index (κ1) is 45.3. The predicted octanol–water partition coefficient (Wildman–Crippen LogP) is 17.7. The van der Waals surface area contributed by atoms with Gasteiger partial charge in [-0.05, 0) is 110 Å². The van der Waals surface area contributed by atoms with Crippen molar-refractivity contribution >= 4 is 44.8 Å². The molecule has 2 N–H and O–H groups in total. The highest BCUT2D eigenvalue weighted by Crippen LogP contribution is 2.47. The number of imidazole rings is 2. The van der Waals surface area contributed by atoms with Crippen molar-refractivity contribution in [3.8, 4) is 84.2 Å². The molecule has 358 valence electrons. The fraction of sp³-hybridized carbons (Fsp3) is 0. The molecular formula is C69H47N7. The lowest BCUT2D eigenvalue weighted by molar-refractivity contribution is 1.09. The highest BCUT2D eigenvalue weighted by molar-refractivity contribution is 6.00. The van der Waals surface area contributed by atoms with Crippen molar-refractivity contribution < 1.29 is 0 Å². The van der Waals surface area contributed by atoms with Crippen LogP contribution < -0.4 is 10.6 Å². The van der Waals surface area contributed by atoms with Crippen LogP contribution in [0.2, 0.25) is 0 Å². The number of aromatic nitrogens is 4. The van der Waals surface area contributed by atoms with Crippen molar-refractivity contribution in [2.75, 3.05) is 10.6 Å². The second-order valence-electron chi connectivity index (χ2n) is 18.8. The molecule has 2 heterocycles. The third kappa shape index (κ3) is 8.62. The van der Waals surface area contributed by atoms with Crippen molar-refractivity contribution in [1.82, 2.24) is 19.1 Å². The molecule has 0 saturated heterocycles. The van der Waals surface area contributed by atoms with Gasteiger partial charge in [-0.1, -0.05) is 206 Å². The molecular weight excluding hydrogens is 927 g/mol. The second kappa shape index (κ2) is 19.8. The molecule has 0 fully saturated rings. The van der Waals surface area contributed by atoms with Gasteiger partial charge in [0.15, 0.2) is 0 Å². The van der Waals surface area contributed by atoms with E-state index in [1.165, 1.54) is 0 Å². The maximum Gasteiger partial charge on any atom is 0.102 e. The number of nitrogens with zero attached hydrogens (tertiary/aromatic N) is 5. The van der Waals surface area contributed by atoms with Gasteiger partial charge in [-0.2, -0.15) is 5.26 Å². The Morgan fingerprint density at radius 2 is 0.697 bits per heavy atom. The van der Waals surface area contributed by atoms with Gasteiger partial charge in [0.25, 0.3) is 0 Å². The van der Waals surface area contributed by atoms with Gasteiger partial charge in [0.1, 0.15) is 18.7 Å². The summed E-state index contributed by atoms with van der Waals surface area (Å²) in [5, 5.41) is 19.7. The van der Waals surface area contributed by atoms with E-state index in [0.717, 1.165) is 117 Å². The van der Waals surface area contributed by atoms with Gasteiger partial charge in [0.2, 0.25) is 0 Å². The largest absolute Gasteiger partial charge is 0.353 e. The van der Waals surface area contributed by atoms with Gasteiger partial charge in [-0.3, -0.25) is 9.13 Å². The van der Waals surface area contributed by atoms with E-state index in [-0.39, 0.29) is 0 Å². The molecule has 7 nitrogen and oxygen atoms in total. The zero-order chi connectivity index (χ0) is 50.8. The van der Waals surface area contributed by atoms with Crippen LogP contribution in [0.4, 0.5) is 22.7 Å². The van der Waals surface area contributed by atoms with Gasteiger partial charge in [-0.15, -0.1) is 0 Å². The quantitative estimate of drug-likeness (QED) is 0.127. The van der Waals surface area contributed by atoms with Crippen molar-refractivity contribution in [2.45, 2.75) is 0 Å². The molecule has 11 aromatic carbocycles. The summed E-state index contributed by atoms with van der Waals surface area (Å²) < 4.78 is 4.32. The van der Waals surface area contributed by atoms with Crippen LogP contribution in [0.1, 0.15) is 5.56 Å². The number of hydrogen-bond acceptors (Lipinski definition) is 5. The van der Waals surface area contributed by atoms with Crippen LogP contribution in [0.15, 0.2) is 274 Å². The Bertz CT molecular complexity index is 4260. The molecule has 2 aromatic heterocycles. The lowest BCUT2D eigenvalue weighted by Crippen LogP contribution is -2.07. The van der Waals surface area contributed by atoms with E-state index in [4.69, 9.17) is 9.97 Å². The van der Waals surface area contributed by atoms with Gasteiger partial charge in [0.05, 0.1) is 56.1 Å². The van der Waals surface area contributed by atoms with Crippen LogP contribution >= 0.6 is 0 Å². The zero-order valence-corrected chi connectivity index (χ0v) is 41.2. The van der Waals surface area contributed by atoms with Crippen LogP contribution in [0.5, 0.6) is 0 Å². The van der Waals surface area contributed by atoms with E-state index in [9.17, 15) is 5.26 Å². The molecule has 0 aliphatic carbocycles. The molecule has 13 rings (SSSR count). The number of fused-ring (bicyclic) bond motifs is 2. The minimum atomic E-state index is 0.484. The molecule has 76 heavy (non-hydrogen) atoms. The number of hydrogen-bond donors (Lipinski definition) is 2. The number of nitriles is 1. The maximum atomic E-state index is 11.8. The van der Waals surface area contributed by atoms with E-state index in [1.54, 1.807) is 0 Å². The summed E-state index contributed by atoms with van der Waals surface area (Å²) in [6, 6.07) is 93.0. The number of anilines is 4. The summed E-state index contributed by atoms with van der Waals surface area (Å²) in [4.78, 5) is 9.88. The Balaban J connectivity index is 1.02. The van der Waals surface area contributed by atoms with Crippen molar-refractivity contribution in [3.05, 3.63) is 279 Å². The Kier molecular flexibility index (Phi) is 11.8. The van der Waals surface area contributed by atoms with Gasteiger partial charge in [-0.25, -0.2) is 9.97 Å². The summed E-state index contributed by atoms with van der Waals surface area (Å²) >= 11 is 0. The third-order valence-corrected chi connectivity index (χ3v) is 14.2. The molecule has 0 unspecified atom stereocenters. The van der Waals surface area contributed by atoms with E-state index < -0.39 is 0 Å². The standard InChI is InChI=1S/C69H47N7/c70-44-58-68(52-29-17-6-18-30-52)63(73-61-37-33-55(49-23-11-3-12-24-49)41-66(61)75-45-71-59-35-31-53(39-64(59)75)47-19-7-1-8-20-47)43-57(51-27-15-5-16-28-51)69(58)74-62-38-34-56(50-25-13-4-14-26-50)42-67(62)76-46-72-60-36-32-54(40-65(60)76)48-21-9-2-10-22-48/h1-43,45-46,73-74H. The average molecular weight is 974 g/mol. The fourth-order valence-electron chi connectivity index (χ4n) is 10.4. The summed E-state index contributed by atoms with van der Waals surface area (Å²) in [5.74, 6) is 0. The first-order valence-electron chi connectivity index (χ1n) is 25.3. The highest BCUT2D eigenvalue weighted by Gasteiger charge is 2.24. The van der Waals surface area contributed by atoms with E-state index in [1.807, 2.05) is 73.3 Å². The van der Waals surface area contributed by atoms with Gasteiger partial charge >= 0.3 is 0 Å². The SMILES string of the molecule is N#Cc1c(Nc2ccc(-c3ccccc3)cc2-n2cnc3ccc(-c4ccccc4)cc32)c(-c2ccccc2)cc(Nc2ccc(-c3ccccc3)cc2-n2cnc3ccc(-c4ccccc4)cc32)c1-c1ccccc1. The summed E-state index contributed by atoms with van der Waals surface area (Å²) in [7, 11) is 0. The van der Waals surface area contributed by atoms with Crippen LogP contribution in [0, 0.1) is 11.3 Å². The molecule has 0 radical (unpaired) electrons. The van der Waals surface area contributed by atoms with E-state index >= 15 is 0 Å². The minimum Gasteiger partial charge on any atom is -0.353 e. The molecule has 0 spiro atoms.